The number of aliphatic hydroxyl groups is 1. The molecule has 0 aliphatic carbocycles. The van der Waals surface area contributed by atoms with Crippen molar-refractivity contribution in [2.24, 2.45) is 5.73 Å². The second-order valence-electron chi connectivity index (χ2n) is 3.86. The number of nitrogens with zero attached hydrogens (tertiary/aromatic N) is 1. The van der Waals surface area contributed by atoms with Crippen LogP contribution in [0.4, 0.5) is 13.2 Å². The Morgan fingerprint density at radius 3 is 2.74 bits per heavy atom. The summed E-state index contributed by atoms with van der Waals surface area (Å²) < 4.78 is 37.0. The first-order chi connectivity index (χ1) is 8.94. The molecule has 0 amide bonds. The van der Waals surface area contributed by atoms with Crippen LogP contribution in [0, 0.1) is 11.8 Å². The highest BCUT2D eigenvalue weighted by molar-refractivity contribution is 7.10. The molecule has 1 aromatic rings. The lowest BCUT2D eigenvalue weighted by atomic mass is 10.3. The number of rotatable bonds is 5. The molecule has 0 unspecified atom stereocenters. The summed E-state index contributed by atoms with van der Waals surface area (Å²) in [6, 6.07) is 1.74. The van der Waals surface area contributed by atoms with Crippen molar-refractivity contribution in [2.75, 3.05) is 26.2 Å². The maximum Gasteiger partial charge on any atom is 0.401 e. The molecule has 0 aliphatic heterocycles. The van der Waals surface area contributed by atoms with Gasteiger partial charge in [0.05, 0.1) is 19.7 Å². The van der Waals surface area contributed by atoms with Crippen molar-refractivity contribution in [2.45, 2.75) is 12.7 Å². The van der Waals surface area contributed by atoms with Crippen LogP contribution in [0.3, 0.4) is 0 Å². The fourth-order valence-corrected chi connectivity index (χ4v) is 2.37. The van der Waals surface area contributed by atoms with E-state index in [1.165, 1.54) is 11.3 Å². The summed E-state index contributed by atoms with van der Waals surface area (Å²) in [7, 11) is 0. The Hall–Kier alpha value is -1.07. The van der Waals surface area contributed by atoms with E-state index < -0.39 is 12.7 Å². The molecular weight excluding hydrogens is 277 g/mol. The van der Waals surface area contributed by atoms with Crippen molar-refractivity contribution < 1.29 is 18.3 Å². The zero-order valence-corrected chi connectivity index (χ0v) is 11.0. The smallest absolute Gasteiger partial charge is 0.395 e. The van der Waals surface area contributed by atoms with Gasteiger partial charge in [0.25, 0.3) is 0 Å². The number of hydrogen-bond acceptors (Lipinski definition) is 4. The lowest BCUT2D eigenvalue weighted by Crippen LogP contribution is -2.35. The van der Waals surface area contributed by atoms with Gasteiger partial charge in [0, 0.05) is 28.9 Å². The summed E-state index contributed by atoms with van der Waals surface area (Å²) in [6.07, 6.45) is -4.27. The molecule has 1 aromatic heterocycles. The first-order valence-electron chi connectivity index (χ1n) is 5.61. The van der Waals surface area contributed by atoms with Crippen molar-refractivity contribution in [3.05, 3.63) is 21.9 Å². The maximum atomic E-state index is 12.3. The van der Waals surface area contributed by atoms with Crippen LogP contribution in [0.25, 0.3) is 0 Å². The van der Waals surface area contributed by atoms with Gasteiger partial charge in [-0.05, 0) is 6.07 Å². The van der Waals surface area contributed by atoms with Crippen LogP contribution in [-0.2, 0) is 6.54 Å². The van der Waals surface area contributed by atoms with Gasteiger partial charge in [-0.3, -0.25) is 4.90 Å². The Kier molecular flexibility index (Phi) is 6.31. The average molecular weight is 292 g/mol. The van der Waals surface area contributed by atoms with Gasteiger partial charge in [0.15, 0.2) is 0 Å². The summed E-state index contributed by atoms with van der Waals surface area (Å²) in [5.74, 6) is 5.51. The van der Waals surface area contributed by atoms with Crippen molar-refractivity contribution in [3.8, 4) is 11.8 Å². The standard InChI is InChI=1S/C12H15F3N2OS/c13-12(14,15)9-17(4-5-18)7-11-6-10(8-19-11)2-1-3-16/h6,8,18H,3-5,7,9,16H2. The molecular formula is C12H15F3N2OS. The van der Waals surface area contributed by atoms with Gasteiger partial charge < -0.3 is 10.8 Å². The number of aliphatic hydroxyl groups excluding tert-OH is 1. The molecule has 7 heteroatoms. The summed E-state index contributed by atoms with van der Waals surface area (Å²) in [4.78, 5) is 1.94. The maximum absolute atomic E-state index is 12.3. The highest BCUT2D eigenvalue weighted by Gasteiger charge is 2.30. The largest absolute Gasteiger partial charge is 0.401 e. The summed E-state index contributed by atoms with van der Waals surface area (Å²) >= 11 is 1.35. The van der Waals surface area contributed by atoms with Gasteiger partial charge in [-0.2, -0.15) is 13.2 Å². The Morgan fingerprint density at radius 1 is 1.42 bits per heavy atom. The summed E-state index contributed by atoms with van der Waals surface area (Å²) in [5, 5.41) is 10.6. The van der Waals surface area contributed by atoms with Crippen LogP contribution in [0.5, 0.6) is 0 Å². The van der Waals surface area contributed by atoms with E-state index in [9.17, 15) is 13.2 Å². The van der Waals surface area contributed by atoms with E-state index in [1.807, 2.05) is 0 Å². The van der Waals surface area contributed by atoms with Crippen LogP contribution in [0.1, 0.15) is 10.4 Å². The minimum atomic E-state index is -4.27. The molecule has 0 radical (unpaired) electrons. The summed E-state index contributed by atoms with van der Waals surface area (Å²) in [5.41, 5.74) is 5.99. The molecule has 3 nitrogen and oxygen atoms in total. The number of hydrogen-bond donors (Lipinski definition) is 2. The molecule has 3 N–H and O–H groups in total. The van der Waals surface area contributed by atoms with Crippen molar-refractivity contribution in [1.82, 2.24) is 4.90 Å². The van der Waals surface area contributed by atoms with Crippen LogP contribution in [0.2, 0.25) is 0 Å². The van der Waals surface area contributed by atoms with E-state index in [-0.39, 0.29) is 26.2 Å². The van der Waals surface area contributed by atoms with E-state index >= 15 is 0 Å². The topological polar surface area (TPSA) is 49.5 Å². The molecule has 0 atom stereocenters. The average Bonchev–Trinajstić information content (AvgIpc) is 2.72. The van der Waals surface area contributed by atoms with Crippen molar-refractivity contribution in [3.63, 3.8) is 0 Å². The molecule has 0 aromatic carbocycles. The molecule has 1 heterocycles. The number of halogens is 3. The Labute approximate surface area is 113 Å². The van der Waals surface area contributed by atoms with Gasteiger partial charge in [0.2, 0.25) is 0 Å². The second kappa shape index (κ2) is 7.50. The fourth-order valence-electron chi connectivity index (χ4n) is 1.51. The fraction of sp³-hybridized carbons (Fsp3) is 0.500. The van der Waals surface area contributed by atoms with Crippen LogP contribution in [0.15, 0.2) is 11.4 Å². The number of alkyl halides is 3. The lowest BCUT2D eigenvalue weighted by Gasteiger charge is -2.21. The van der Waals surface area contributed by atoms with Gasteiger partial charge in [0.1, 0.15) is 0 Å². The van der Waals surface area contributed by atoms with Gasteiger partial charge >= 0.3 is 6.18 Å². The normalized spacial score (nSPS) is 11.5. The predicted molar refractivity (Wildman–Crippen MR) is 68.7 cm³/mol. The molecule has 0 fully saturated rings. The van der Waals surface area contributed by atoms with Crippen molar-refractivity contribution >= 4 is 11.3 Å². The third kappa shape index (κ3) is 6.59. The predicted octanol–water partition coefficient (Wildman–Crippen LogP) is 1.41. The summed E-state index contributed by atoms with van der Waals surface area (Å²) in [6.45, 7) is -0.956. The quantitative estimate of drug-likeness (QED) is 0.807. The SMILES string of the molecule is NCC#Cc1csc(CN(CCO)CC(F)(F)F)c1. The van der Waals surface area contributed by atoms with E-state index in [1.54, 1.807) is 11.4 Å². The monoisotopic (exact) mass is 292 g/mol. The van der Waals surface area contributed by atoms with Crippen LogP contribution in [-0.4, -0.2) is 42.4 Å². The van der Waals surface area contributed by atoms with E-state index in [4.69, 9.17) is 10.8 Å². The molecule has 0 bridgehead atoms. The molecule has 0 saturated carbocycles. The molecule has 0 spiro atoms. The van der Waals surface area contributed by atoms with Crippen LogP contribution < -0.4 is 5.73 Å². The van der Waals surface area contributed by atoms with Crippen molar-refractivity contribution in [1.29, 1.82) is 0 Å². The Bertz CT molecular complexity index is 448. The first kappa shape index (κ1) is 16.0. The van der Waals surface area contributed by atoms with Gasteiger partial charge in [-0.15, -0.1) is 11.3 Å². The van der Waals surface area contributed by atoms with E-state index in [0.717, 1.165) is 15.3 Å². The first-order valence-corrected chi connectivity index (χ1v) is 6.49. The number of thiophene rings is 1. The molecule has 0 saturated heterocycles. The molecule has 0 aliphatic rings. The van der Waals surface area contributed by atoms with Crippen LogP contribution >= 0.6 is 11.3 Å². The molecule has 106 valence electrons. The van der Waals surface area contributed by atoms with Gasteiger partial charge in [-0.25, -0.2) is 0 Å². The minimum Gasteiger partial charge on any atom is -0.395 e. The third-order valence-corrected chi connectivity index (χ3v) is 3.11. The third-order valence-electron chi connectivity index (χ3n) is 2.19. The Balaban J connectivity index is 2.65. The van der Waals surface area contributed by atoms with E-state index in [0.29, 0.717) is 0 Å². The highest BCUT2D eigenvalue weighted by Crippen LogP contribution is 2.20. The molecule has 19 heavy (non-hydrogen) atoms. The lowest BCUT2D eigenvalue weighted by molar-refractivity contribution is -0.147. The zero-order valence-electron chi connectivity index (χ0n) is 10.2. The second-order valence-corrected chi connectivity index (χ2v) is 4.85. The zero-order chi connectivity index (χ0) is 14.3. The number of nitrogens with two attached hydrogens (primary N) is 1. The highest BCUT2D eigenvalue weighted by atomic mass is 32.1. The van der Waals surface area contributed by atoms with Gasteiger partial charge in [-0.1, -0.05) is 11.8 Å². The Morgan fingerprint density at radius 2 is 2.16 bits per heavy atom. The van der Waals surface area contributed by atoms with E-state index in [2.05, 4.69) is 11.8 Å². The minimum absolute atomic E-state index is 0.0127. The molecule has 1 rings (SSSR count).